The summed E-state index contributed by atoms with van der Waals surface area (Å²) in [7, 11) is 0. The molecule has 2 aromatic rings. The highest BCUT2D eigenvalue weighted by Crippen LogP contribution is 2.17. The minimum Gasteiger partial charge on any atom is -0.370 e. The Kier molecular flexibility index (Phi) is 5.66. The Balaban J connectivity index is 1.55. The lowest BCUT2D eigenvalue weighted by Gasteiger charge is -2.23. The number of benzene rings is 1. The third-order valence-corrected chi connectivity index (χ3v) is 4.87. The molecule has 0 unspecified atom stereocenters. The normalized spacial score (nSPS) is 15.9. The summed E-state index contributed by atoms with van der Waals surface area (Å²) >= 11 is 0. The Morgan fingerprint density at radius 2 is 2.00 bits per heavy atom. The van der Waals surface area contributed by atoms with Crippen LogP contribution in [0.25, 0.3) is 10.9 Å². The first-order valence-corrected chi connectivity index (χ1v) is 8.99. The van der Waals surface area contributed by atoms with Gasteiger partial charge in [-0.25, -0.2) is 0 Å². The summed E-state index contributed by atoms with van der Waals surface area (Å²) in [6.45, 7) is 11.2. The van der Waals surface area contributed by atoms with E-state index in [-0.39, 0.29) is 5.56 Å². The van der Waals surface area contributed by atoms with E-state index in [1.54, 1.807) is 4.90 Å². The first kappa shape index (κ1) is 17.1. The van der Waals surface area contributed by atoms with E-state index >= 15 is 0 Å². The number of aromatic amines is 1. The van der Waals surface area contributed by atoms with Gasteiger partial charge in [-0.1, -0.05) is 11.6 Å². The minimum atomic E-state index is 0.0458. The second-order valence-electron chi connectivity index (χ2n) is 6.92. The molecule has 0 saturated carbocycles. The van der Waals surface area contributed by atoms with Crippen LogP contribution in [-0.4, -0.2) is 44.4 Å². The molecule has 5 heteroatoms. The zero-order valence-corrected chi connectivity index (χ0v) is 14.8. The van der Waals surface area contributed by atoms with Gasteiger partial charge in [0, 0.05) is 6.42 Å². The molecule has 0 amide bonds. The van der Waals surface area contributed by atoms with Crippen molar-refractivity contribution in [3.05, 3.63) is 45.2 Å². The van der Waals surface area contributed by atoms with Gasteiger partial charge in [0.2, 0.25) is 0 Å². The fraction of sp³-hybridized carbons (Fsp3) is 0.526. The van der Waals surface area contributed by atoms with Gasteiger partial charge >= 0.3 is 0 Å². The quantitative estimate of drug-likeness (QED) is 0.626. The zero-order valence-electron chi connectivity index (χ0n) is 14.8. The molecule has 1 aliphatic rings. The van der Waals surface area contributed by atoms with Crippen LogP contribution in [0.3, 0.4) is 0 Å². The lowest BCUT2D eigenvalue weighted by molar-refractivity contribution is -0.909. The number of hydrogen-bond acceptors (Lipinski definition) is 2. The maximum absolute atomic E-state index is 12.3. The predicted molar refractivity (Wildman–Crippen MR) is 95.5 cm³/mol. The van der Waals surface area contributed by atoms with Gasteiger partial charge in [0.25, 0.3) is 5.56 Å². The second kappa shape index (κ2) is 7.92. The number of nitrogens with one attached hydrogen (secondary N) is 2. The lowest BCUT2D eigenvalue weighted by Crippen LogP contribution is -3.14. The van der Waals surface area contributed by atoms with E-state index in [0.29, 0.717) is 0 Å². The molecule has 1 saturated heterocycles. The average molecular weight is 331 g/mol. The molecule has 0 radical (unpaired) electrons. The smallest absolute Gasteiger partial charge is 0.257 e. The van der Waals surface area contributed by atoms with E-state index in [1.807, 2.05) is 6.92 Å². The number of pyridine rings is 1. The van der Waals surface area contributed by atoms with E-state index < -0.39 is 0 Å². The van der Waals surface area contributed by atoms with Crippen LogP contribution in [0.4, 0.5) is 0 Å². The predicted octanol–water partition coefficient (Wildman–Crippen LogP) is -0.486. The van der Waals surface area contributed by atoms with Gasteiger partial charge in [-0.2, -0.15) is 0 Å². The first-order chi connectivity index (χ1) is 11.6. The van der Waals surface area contributed by atoms with Crippen molar-refractivity contribution in [3.8, 4) is 0 Å². The van der Waals surface area contributed by atoms with Crippen LogP contribution in [0.1, 0.15) is 23.1 Å². The number of aryl methyl sites for hydroxylation is 2. The van der Waals surface area contributed by atoms with Crippen molar-refractivity contribution in [1.29, 1.82) is 0 Å². The first-order valence-electron chi connectivity index (χ1n) is 8.99. The number of ether oxygens (including phenoxy) is 1. The molecule has 0 atom stereocenters. The second-order valence-corrected chi connectivity index (χ2v) is 6.92. The summed E-state index contributed by atoms with van der Waals surface area (Å²) in [4.78, 5) is 17.0. The van der Waals surface area contributed by atoms with Gasteiger partial charge in [-0.3, -0.25) is 4.79 Å². The number of hydrogen-bond donors (Lipinski definition) is 3. The molecule has 0 spiro atoms. The van der Waals surface area contributed by atoms with E-state index in [0.717, 1.165) is 61.4 Å². The molecule has 0 bridgehead atoms. The van der Waals surface area contributed by atoms with Gasteiger partial charge in [0.1, 0.15) is 19.6 Å². The average Bonchev–Trinajstić information content (AvgIpc) is 2.56. The van der Waals surface area contributed by atoms with Crippen LogP contribution in [0, 0.1) is 13.8 Å². The highest BCUT2D eigenvalue weighted by atomic mass is 16.5. The minimum absolute atomic E-state index is 0.0458. The van der Waals surface area contributed by atoms with Crippen LogP contribution in [0.2, 0.25) is 0 Å². The standard InChI is InChI=1S/C19H27N3O2/c1-14-10-15(2)18-16(11-14)12-17(19(23)21-18)13-20-4-3-5-22-6-8-24-9-7-22/h10-12,20H,3-9,13H2,1-2H3,(H,21,23)/p+2. The third-order valence-electron chi connectivity index (χ3n) is 4.87. The van der Waals surface area contributed by atoms with Crippen LogP contribution >= 0.6 is 0 Å². The highest BCUT2D eigenvalue weighted by Gasteiger charge is 2.13. The number of nitrogens with two attached hydrogens (primary N) is 1. The molecule has 4 N–H and O–H groups in total. The Labute approximate surface area is 143 Å². The third kappa shape index (κ3) is 4.23. The maximum atomic E-state index is 12.3. The SMILES string of the molecule is Cc1cc(C)c2[nH]c(=O)c(C[NH2+]CCC[NH+]3CCOCC3)cc2c1. The van der Waals surface area contributed by atoms with Gasteiger partial charge in [0.15, 0.2) is 0 Å². The molecule has 5 nitrogen and oxygen atoms in total. The molecular weight excluding hydrogens is 302 g/mol. The van der Waals surface area contributed by atoms with Crippen molar-refractivity contribution in [3.63, 3.8) is 0 Å². The summed E-state index contributed by atoms with van der Waals surface area (Å²) in [5.74, 6) is 0. The Morgan fingerprint density at radius 3 is 2.79 bits per heavy atom. The van der Waals surface area contributed by atoms with Crippen LogP contribution < -0.4 is 15.8 Å². The Morgan fingerprint density at radius 1 is 1.21 bits per heavy atom. The van der Waals surface area contributed by atoms with Crippen molar-refractivity contribution >= 4 is 10.9 Å². The van der Waals surface area contributed by atoms with Crippen LogP contribution in [-0.2, 0) is 11.3 Å². The summed E-state index contributed by atoms with van der Waals surface area (Å²) in [6.07, 6.45) is 1.18. The number of aromatic nitrogens is 1. The van der Waals surface area contributed by atoms with Crippen molar-refractivity contribution in [2.75, 3.05) is 39.4 Å². The maximum Gasteiger partial charge on any atom is 0.257 e. The molecule has 1 aromatic heterocycles. The number of rotatable bonds is 6. The molecule has 1 fully saturated rings. The fourth-order valence-electron chi connectivity index (χ4n) is 3.55. The van der Waals surface area contributed by atoms with Crippen molar-refractivity contribution < 1.29 is 15.0 Å². The van der Waals surface area contributed by atoms with Gasteiger partial charge in [-0.05, 0) is 36.9 Å². The molecule has 0 aliphatic carbocycles. The summed E-state index contributed by atoms with van der Waals surface area (Å²) in [5, 5.41) is 3.38. The monoisotopic (exact) mass is 331 g/mol. The molecule has 1 aromatic carbocycles. The number of H-pyrrole nitrogens is 1. The fourth-order valence-corrected chi connectivity index (χ4v) is 3.55. The molecular formula is C19H29N3O2+2. The molecule has 24 heavy (non-hydrogen) atoms. The number of fused-ring (bicyclic) bond motifs is 1. The zero-order chi connectivity index (χ0) is 16.9. The Hall–Kier alpha value is -1.69. The van der Waals surface area contributed by atoms with Crippen molar-refractivity contribution in [2.24, 2.45) is 0 Å². The summed E-state index contributed by atoms with van der Waals surface area (Å²) in [6, 6.07) is 6.31. The van der Waals surface area contributed by atoms with E-state index in [4.69, 9.17) is 4.74 Å². The summed E-state index contributed by atoms with van der Waals surface area (Å²) in [5.41, 5.74) is 4.24. The highest BCUT2D eigenvalue weighted by molar-refractivity contribution is 5.82. The summed E-state index contributed by atoms with van der Waals surface area (Å²) < 4.78 is 5.38. The van der Waals surface area contributed by atoms with Gasteiger partial charge < -0.3 is 19.9 Å². The molecule has 130 valence electrons. The van der Waals surface area contributed by atoms with Gasteiger partial charge in [0.05, 0.1) is 37.4 Å². The van der Waals surface area contributed by atoms with Gasteiger partial charge in [-0.15, -0.1) is 0 Å². The largest absolute Gasteiger partial charge is 0.370 e. The van der Waals surface area contributed by atoms with Crippen molar-refractivity contribution in [1.82, 2.24) is 4.98 Å². The van der Waals surface area contributed by atoms with Crippen molar-refractivity contribution in [2.45, 2.75) is 26.8 Å². The molecule has 1 aliphatic heterocycles. The molecule has 2 heterocycles. The molecule has 3 rings (SSSR count). The number of morpholine rings is 1. The van der Waals surface area contributed by atoms with E-state index in [1.165, 1.54) is 18.5 Å². The van der Waals surface area contributed by atoms with E-state index in [9.17, 15) is 4.79 Å². The van der Waals surface area contributed by atoms with E-state index in [2.05, 4.69) is 35.4 Å². The lowest BCUT2D eigenvalue weighted by atomic mass is 10.1. The Bertz CT molecular complexity index is 748. The topological polar surface area (TPSA) is 63.1 Å². The number of quaternary nitrogens is 2. The van der Waals surface area contributed by atoms with Crippen LogP contribution in [0.15, 0.2) is 23.0 Å². The van der Waals surface area contributed by atoms with Crippen LogP contribution in [0.5, 0.6) is 0 Å².